The minimum Gasteiger partial charge on any atom is -0.444 e. The number of piperidine rings is 1. The first-order valence-corrected chi connectivity index (χ1v) is 11.3. The van der Waals surface area contributed by atoms with E-state index in [9.17, 15) is 9.59 Å². The number of nitrogens with zero attached hydrogens (tertiary/aromatic N) is 3. The molecule has 4 rings (SSSR count). The first-order chi connectivity index (χ1) is 14.8. The van der Waals surface area contributed by atoms with E-state index < -0.39 is 5.60 Å². The number of likely N-dealkylation sites (tertiary alicyclic amines) is 1. The maximum Gasteiger partial charge on any atom is 0.410 e. The van der Waals surface area contributed by atoms with Crippen LogP contribution in [0.4, 0.5) is 10.5 Å². The molecule has 2 amide bonds. The van der Waals surface area contributed by atoms with Crippen LogP contribution < -0.4 is 5.32 Å². The van der Waals surface area contributed by atoms with Crippen molar-refractivity contribution in [3.05, 3.63) is 52.6 Å². The van der Waals surface area contributed by atoms with Crippen LogP contribution in [0.5, 0.6) is 0 Å². The highest BCUT2D eigenvalue weighted by Gasteiger charge is 2.29. The van der Waals surface area contributed by atoms with Gasteiger partial charge in [0.2, 0.25) is 0 Å². The van der Waals surface area contributed by atoms with Gasteiger partial charge < -0.3 is 15.0 Å². The monoisotopic (exact) mass is 438 g/mol. The number of benzene rings is 1. The number of amides is 2. The number of ether oxygens (including phenoxy) is 1. The molecule has 0 aliphatic carbocycles. The van der Waals surface area contributed by atoms with Gasteiger partial charge in [-0.15, -0.1) is 11.3 Å². The summed E-state index contributed by atoms with van der Waals surface area (Å²) in [5.74, 6) is 0.0221. The summed E-state index contributed by atoms with van der Waals surface area (Å²) in [5, 5.41) is 6.63. The van der Waals surface area contributed by atoms with Crippen LogP contribution in [0.2, 0.25) is 0 Å². The first-order valence-electron chi connectivity index (χ1n) is 10.4. The van der Waals surface area contributed by atoms with Gasteiger partial charge in [0.25, 0.3) is 5.91 Å². The van der Waals surface area contributed by atoms with Crippen LogP contribution in [0.3, 0.4) is 0 Å². The predicted octanol–water partition coefficient (Wildman–Crippen LogP) is 5.06. The number of aromatic nitrogens is 2. The van der Waals surface area contributed by atoms with Crippen LogP contribution in [0, 0.1) is 0 Å². The number of carbonyl (C=O) groups excluding carboxylic acids is 2. The number of thiazole rings is 1. The summed E-state index contributed by atoms with van der Waals surface area (Å²) in [5.41, 5.74) is 1.52. The molecule has 0 saturated carbocycles. The molecule has 162 valence electrons. The third kappa shape index (κ3) is 5.19. The van der Waals surface area contributed by atoms with Crippen molar-refractivity contribution >= 4 is 39.9 Å². The van der Waals surface area contributed by atoms with Gasteiger partial charge in [-0.05, 0) is 57.9 Å². The second-order valence-corrected chi connectivity index (χ2v) is 9.57. The number of pyridine rings is 1. The van der Waals surface area contributed by atoms with Gasteiger partial charge in [-0.25, -0.2) is 9.78 Å². The summed E-state index contributed by atoms with van der Waals surface area (Å²) in [4.78, 5) is 35.5. The predicted molar refractivity (Wildman–Crippen MR) is 122 cm³/mol. The molecular weight excluding hydrogens is 412 g/mol. The van der Waals surface area contributed by atoms with Crippen molar-refractivity contribution in [2.75, 3.05) is 18.4 Å². The lowest BCUT2D eigenvalue weighted by molar-refractivity contribution is 0.0205. The average Bonchev–Trinajstić information content (AvgIpc) is 3.23. The molecule has 1 saturated heterocycles. The van der Waals surface area contributed by atoms with Gasteiger partial charge in [0, 0.05) is 41.7 Å². The SMILES string of the molecule is CC(C)(C)OC(=O)N1CCC(c2nc(C(=O)Nc3ccc4ncccc4c3)cs2)CC1. The zero-order valence-electron chi connectivity index (χ0n) is 17.9. The second-order valence-electron chi connectivity index (χ2n) is 8.68. The van der Waals surface area contributed by atoms with Crippen molar-refractivity contribution in [1.82, 2.24) is 14.9 Å². The first kappa shape index (κ1) is 21.2. The molecule has 1 aromatic carbocycles. The molecule has 2 aromatic heterocycles. The van der Waals surface area contributed by atoms with Gasteiger partial charge in [-0.3, -0.25) is 9.78 Å². The van der Waals surface area contributed by atoms with Crippen LogP contribution >= 0.6 is 11.3 Å². The molecule has 0 atom stereocenters. The van der Waals surface area contributed by atoms with Crippen LogP contribution in [0.1, 0.15) is 55.0 Å². The fourth-order valence-electron chi connectivity index (χ4n) is 3.56. The van der Waals surface area contributed by atoms with Crippen LogP contribution in [-0.4, -0.2) is 45.6 Å². The highest BCUT2D eigenvalue weighted by atomic mass is 32.1. The molecule has 0 radical (unpaired) electrons. The molecule has 3 heterocycles. The standard InChI is InChI=1S/C23H26N4O3S/c1-23(2,3)30-22(29)27-11-8-15(9-12-27)21-26-19(14-31-21)20(28)25-17-6-7-18-16(13-17)5-4-10-24-18/h4-7,10,13-15H,8-9,11-12H2,1-3H3,(H,25,28). The van der Waals surface area contributed by atoms with Gasteiger partial charge in [0.15, 0.2) is 0 Å². The molecule has 31 heavy (non-hydrogen) atoms. The Balaban J connectivity index is 1.35. The summed E-state index contributed by atoms with van der Waals surface area (Å²) in [6.45, 7) is 6.87. The summed E-state index contributed by atoms with van der Waals surface area (Å²) in [6.07, 6.45) is 3.10. The maximum absolute atomic E-state index is 12.7. The van der Waals surface area contributed by atoms with Gasteiger partial charge in [0.1, 0.15) is 11.3 Å². The van der Waals surface area contributed by atoms with Gasteiger partial charge in [0.05, 0.1) is 10.5 Å². The van der Waals surface area contributed by atoms with E-state index in [0.29, 0.717) is 24.5 Å². The van der Waals surface area contributed by atoms with E-state index in [4.69, 9.17) is 4.74 Å². The smallest absolute Gasteiger partial charge is 0.410 e. The fraction of sp³-hybridized carbons (Fsp3) is 0.391. The molecule has 0 spiro atoms. The Hall–Kier alpha value is -3.00. The van der Waals surface area contributed by atoms with Crippen LogP contribution in [0.25, 0.3) is 10.9 Å². The zero-order valence-corrected chi connectivity index (χ0v) is 18.7. The Morgan fingerprint density at radius 1 is 1.19 bits per heavy atom. The zero-order chi connectivity index (χ0) is 22.0. The van der Waals surface area contributed by atoms with Crippen molar-refractivity contribution in [3.8, 4) is 0 Å². The molecular formula is C23H26N4O3S. The number of carbonyl (C=O) groups is 2. The van der Waals surface area contributed by atoms with Gasteiger partial charge in [-0.1, -0.05) is 6.07 Å². The molecule has 0 unspecified atom stereocenters. The average molecular weight is 439 g/mol. The van der Waals surface area contributed by atoms with Crippen LogP contribution in [0.15, 0.2) is 41.9 Å². The maximum atomic E-state index is 12.7. The normalized spacial score (nSPS) is 15.1. The molecule has 1 aliphatic heterocycles. The van der Waals surface area contributed by atoms with Gasteiger partial charge >= 0.3 is 6.09 Å². The van der Waals surface area contributed by atoms with Gasteiger partial charge in [-0.2, -0.15) is 0 Å². The summed E-state index contributed by atoms with van der Waals surface area (Å²) < 4.78 is 5.45. The molecule has 3 aromatic rings. The van der Waals surface area contributed by atoms with Crippen molar-refractivity contribution in [2.45, 2.75) is 45.1 Å². The summed E-state index contributed by atoms with van der Waals surface area (Å²) in [6, 6.07) is 9.46. The molecule has 1 aliphatic rings. The quantitative estimate of drug-likeness (QED) is 0.618. The molecule has 1 N–H and O–H groups in total. The minimum absolute atomic E-state index is 0.225. The van der Waals surface area contributed by atoms with E-state index >= 15 is 0 Å². The second kappa shape index (κ2) is 8.63. The summed E-state index contributed by atoms with van der Waals surface area (Å²) >= 11 is 1.50. The Labute approximate surface area is 185 Å². The van der Waals surface area contributed by atoms with E-state index in [-0.39, 0.29) is 17.9 Å². The lowest BCUT2D eigenvalue weighted by atomic mass is 9.98. The highest BCUT2D eigenvalue weighted by Crippen LogP contribution is 2.31. The molecule has 0 bridgehead atoms. The van der Waals surface area contributed by atoms with E-state index in [1.807, 2.05) is 51.1 Å². The molecule has 1 fully saturated rings. The van der Waals surface area contributed by atoms with E-state index in [2.05, 4.69) is 15.3 Å². The Morgan fingerprint density at radius 2 is 1.97 bits per heavy atom. The van der Waals surface area contributed by atoms with E-state index in [0.717, 1.165) is 28.8 Å². The third-order valence-electron chi connectivity index (χ3n) is 5.11. The number of hydrogen-bond donors (Lipinski definition) is 1. The third-order valence-corrected chi connectivity index (χ3v) is 6.12. The van der Waals surface area contributed by atoms with E-state index in [1.165, 1.54) is 11.3 Å². The van der Waals surface area contributed by atoms with Crippen molar-refractivity contribution < 1.29 is 14.3 Å². The molecule has 7 nitrogen and oxygen atoms in total. The Morgan fingerprint density at radius 3 is 2.71 bits per heavy atom. The number of fused-ring (bicyclic) bond motifs is 1. The number of nitrogens with one attached hydrogen (secondary N) is 1. The number of rotatable bonds is 3. The Kier molecular flexibility index (Phi) is 5.91. The minimum atomic E-state index is -0.493. The summed E-state index contributed by atoms with van der Waals surface area (Å²) in [7, 11) is 0. The van der Waals surface area contributed by atoms with Crippen molar-refractivity contribution in [2.24, 2.45) is 0 Å². The Bertz CT molecular complexity index is 1100. The van der Waals surface area contributed by atoms with Crippen molar-refractivity contribution in [3.63, 3.8) is 0 Å². The lowest BCUT2D eigenvalue weighted by Gasteiger charge is -2.32. The number of hydrogen-bond acceptors (Lipinski definition) is 6. The highest BCUT2D eigenvalue weighted by molar-refractivity contribution is 7.10. The lowest BCUT2D eigenvalue weighted by Crippen LogP contribution is -2.41. The number of anilines is 1. The fourth-order valence-corrected chi connectivity index (χ4v) is 4.53. The molecule has 8 heteroatoms. The largest absolute Gasteiger partial charge is 0.444 e. The van der Waals surface area contributed by atoms with Crippen molar-refractivity contribution in [1.29, 1.82) is 0 Å². The topological polar surface area (TPSA) is 84.4 Å². The van der Waals surface area contributed by atoms with E-state index in [1.54, 1.807) is 16.5 Å². The van der Waals surface area contributed by atoms with Crippen LogP contribution in [-0.2, 0) is 4.74 Å².